The zero-order valence-corrected chi connectivity index (χ0v) is 38.3. The number of H-pyrrole nitrogens is 1. The van der Waals surface area contributed by atoms with E-state index < -0.39 is 24.3 Å². The molecule has 13 nitrogen and oxygen atoms in total. The van der Waals surface area contributed by atoms with E-state index in [-0.39, 0.29) is 89.7 Å². The van der Waals surface area contributed by atoms with Crippen LogP contribution in [0.25, 0.3) is 10.6 Å². The van der Waals surface area contributed by atoms with Crippen molar-refractivity contribution in [2.75, 3.05) is 27.3 Å². The smallest absolute Gasteiger partial charge is 0.407 e. The van der Waals surface area contributed by atoms with Crippen molar-refractivity contribution < 1.29 is 28.7 Å². The predicted octanol–water partition coefficient (Wildman–Crippen LogP) is 6.42. The number of nitrogens with zero attached hydrogens (tertiary/aromatic N) is 4. The normalized spacial score (nSPS) is 17.9. The second-order valence-corrected chi connectivity index (χ2v) is 16.0. The van der Waals surface area contributed by atoms with E-state index in [0.29, 0.717) is 19.5 Å². The molecule has 3 aliphatic heterocycles. The number of benzene rings is 1. The number of aryl methyl sites for hydroxylation is 2. The van der Waals surface area contributed by atoms with Gasteiger partial charge in [-0.2, -0.15) is 54.0 Å². The monoisotopic (exact) mass is 881 g/mol. The van der Waals surface area contributed by atoms with Crippen molar-refractivity contribution in [1.29, 1.82) is 0 Å². The lowest BCUT2D eigenvalue weighted by molar-refractivity contribution is -0.135. The van der Waals surface area contributed by atoms with Crippen LogP contribution in [0.15, 0.2) is 41.5 Å². The van der Waals surface area contributed by atoms with Gasteiger partial charge in [-0.05, 0) is 79.7 Å². The molecule has 18 heteroatoms. The Balaban J connectivity index is 0.00000280. The maximum Gasteiger partial charge on any atom is 0.407 e. The number of aliphatic imine (C=N–C) groups is 1. The Morgan fingerprint density at radius 2 is 1.40 bits per heavy atom. The number of nitrogens with one attached hydrogen (secondary N) is 3. The second kappa shape index (κ2) is 22.2. The summed E-state index contributed by atoms with van der Waals surface area (Å²) in [4.78, 5) is 70.2. The summed E-state index contributed by atoms with van der Waals surface area (Å²) in [5.41, 5.74) is 5.32. The molecule has 5 heterocycles. The fraction of sp³-hybridized carbons (Fsp3) is 0.538. The highest BCUT2D eigenvalue weighted by Gasteiger charge is 2.40. The molecule has 2 saturated heterocycles. The third-order valence-electron chi connectivity index (χ3n) is 10.5. The van der Waals surface area contributed by atoms with Crippen LogP contribution >= 0.6 is 65.3 Å². The van der Waals surface area contributed by atoms with E-state index >= 15 is 0 Å². The molecule has 316 valence electrons. The predicted molar refractivity (Wildman–Crippen MR) is 245 cm³/mol. The van der Waals surface area contributed by atoms with Gasteiger partial charge in [-0.1, -0.05) is 39.8 Å². The summed E-state index contributed by atoms with van der Waals surface area (Å²) < 4.78 is 9.53. The molecule has 3 N–H and O–H groups in total. The molecule has 0 bridgehead atoms. The summed E-state index contributed by atoms with van der Waals surface area (Å²) in [5, 5.41) is 5.43. The average molecular weight is 882 g/mol. The number of fused-ring (bicyclic) bond motifs is 1. The molecule has 57 heavy (non-hydrogen) atoms. The van der Waals surface area contributed by atoms with Crippen molar-refractivity contribution in [3.63, 3.8) is 0 Å². The molecule has 0 unspecified atom stereocenters. The molecule has 0 radical (unpaired) electrons. The average Bonchev–Trinajstić information content (AvgIpc) is 3.98. The first-order chi connectivity index (χ1) is 25.5. The summed E-state index contributed by atoms with van der Waals surface area (Å²) >= 11 is 1.73. The van der Waals surface area contributed by atoms with Gasteiger partial charge in [-0.3, -0.25) is 14.6 Å². The molecular weight excluding hydrogens is 823 g/mol. The first kappa shape index (κ1) is 49.8. The van der Waals surface area contributed by atoms with E-state index in [1.807, 2.05) is 43.7 Å². The van der Waals surface area contributed by atoms with Crippen LogP contribution < -0.4 is 10.6 Å². The Morgan fingerprint density at radius 3 is 1.98 bits per heavy atom. The number of alkyl carbamates (subject to hydrolysis) is 2. The number of imidazole rings is 1. The number of methoxy groups -OCH3 is 2. The minimum absolute atomic E-state index is 0. The molecule has 0 spiro atoms. The fourth-order valence-corrected chi connectivity index (χ4v) is 8.60. The third-order valence-corrected chi connectivity index (χ3v) is 11.7. The van der Waals surface area contributed by atoms with Crippen molar-refractivity contribution in [3.05, 3.63) is 58.4 Å². The Labute approximate surface area is 367 Å². The molecule has 6 rings (SSSR count). The first-order valence-electron chi connectivity index (χ1n) is 18.6. The van der Waals surface area contributed by atoms with Gasteiger partial charge in [0.25, 0.3) is 0 Å². The number of aromatic amines is 1. The minimum atomic E-state index is -0.674. The highest BCUT2D eigenvalue weighted by Crippen LogP contribution is 2.36. The SMILES string of the molecule is COC(=O)N[C@H](C(=O)N1CCC[C@H]1C1=Nc2ccc(CCc3ccc(-c4cnc([C@@H]5CCCN5C(=O)[C@@H](NC(=O)OC)C(C)C)[nH]4)s3)cc2C1)C(C)C.S.S.S.S. The van der Waals surface area contributed by atoms with Crippen molar-refractivity contribution in [2.24, 2.45) is 16.8 Å². The lowest BCUT2D eigenvalue weighted by Gasteiger charge is -2.30. The number of thiophene rings is 1. The van der Waals surface area contributed by atoms with Gasteiger partial charge in [0.1, 0.15) is 17.9 Å². The summed E-state index contributed by atoms with van der Waals surface area (Å²) in [5.74, 6) is 0.368. The van der Waals surface area contributed by atoms with Crippen LogP contribution in [0.3, 0.4) is 0 Å². The molecule has 0 saturated carbocycles. The standard InChI is InChI=1S/C39H51N7O6S.4H2S/c1-22(2)33(43-38(49)51-5)36(47)45-17-7-9-30(45)28-20-25-19-24(12-15-27(25)41-28)11-13-26-14-16-32(53-26)29-21-40-35(42-29)31-10-8-18-46(31)37(48)34(23(3)4)44-39(50)52-6;;;;/h12,14-16,19,21-23,30-31,33-34H,7-11,13,17-18,20H2,1-6H3,(H,40,42)(H,43,49)(H,44,50);4*1H2/t30-,31-,33-,34-;;;;/m0..../s1. The van der Waals surface area contributed by atoms with Crippen LogP contribution in [-0.4, -0.2) is 94.9 Å². The van der Waals surface area contributed by atoms with E-state index in [1.54, 1.807) is 11.3 Å². The minimum Gasteiger partial charge on any atom is -0.453 e. The number of rotatable bonds is 12. The molecular formula is C39H59N7O6S5. The highest BCUT2D eigenvalue weighted by molar-refractivity contribution is 7.59. The molecule has 2 fully saturated rings. The van der Waals surface area contributed by atoms with Crippen LogP contribution in [0, 0.1) is 11.8 Å². The molecule has 3 aliphatic rings. The van der Waals surface area contributed by atoms with E-state index in [0.717, 1.165) is 66.3 Å². The Bertz CT molecular complexity index is 1870. The Hall–Kier alpha value is -3.32. The number of hydrogen-bond donors (Lipinski definition) is 3. The van der Waals surface area contributed by atoms with E-state index in [1.165, 1.54) is 30.2 Å². The molecule has 3 aromatic rings. The maximum absolute atomic E-state index is 13.6. The maximum atomic E-state index is 13.6. The van der Waals surface area contributed by atoms with E-state index in [2.05, 4.69) is 45.9 Å². The largest absolute Gasteiger partial charge is 0.453 e. The molecule has 1 aromatic carbocycles. The summed E-state index contributed by atoms with van der Waals surface area (Å²) in [6.07, 6.45) is 6.53. The Kier molecular flexibility index (Phi) is 19.4. The zero-order valence-electron chi connectivity index (χ0n) is 33.4. The van der Waals surface area contributed by atoms with E-state index in [9.17, 15) is 19.2 Å². The number of amides is 4. The molecule has 2 aromatic heterocycles. The van der Waals surface area contributed by atoms with Crippen LogP contribution in [0.4, 0.5) is 15.3 Å². The number of ether oxygens (including phenoxy) is 2. The third kappa shape index (κ3) is 11.5. The second-order valence-electron chi connectivity index (χ2n) is 14.8. The summed E-state index contributed by atoms with van der Waals surface area (Å²) in [7, 11) is 2.60. The van der Waals surface area contributed by atoms with Crippen molar-refractivity contribution >= 4 is 101 Å². The van der Waals surface area contributed by atoms with Crippen LogP contribution in [-0.2, 0) is 38.3 Å². The van der Waals surface area contributed by atoms with Gasteiger partial charge >= 0.3 is 12.2 Å². The van der Waals surface area contributed by atoms with Gasteiger partial charge in [-0.25, -0.2) is 14.6 Å². The van der Waals surface area contributed by atoms with E-state index in [4.69, 9.17) is 19.5 Å². The van der Waals surface area contributed by atoms with Gasteiger partial charge in [-0.15, -0.1) is 11.3 Å². The molecule has 4 amide bonds. The highest BCUT2D eigenvalue weighted by atomic mass is 32.1. The first-order valence-corrected chi connectivity index (χ1v) is 19.4. The lowest BCUT2D eigenvalue weighted by Crippen LogP contribution is -2.53. The molecule has 4 atom stereocenters. The fourth-order valence-electron chi connectivity index (χ4n) is 7.63. The topological polar surface area (TPSA) is 158 Å². The van der Waals surface area contributed by atoms with Crippen molar-refractivity contribution in [3.8, 4) is 10.6 Å². The Morgan fingerprint density at radius 1 is 0.825 bits per heavy atom. The number of likely N-dealkylation sites (tertiary alicyclic amines) is 2. The van der Waals surface area contributed by atoms with Crippen LogP contribution in [0.2, 0.25) is 0 Å². The number of aromatic nitrogens is 2. The van der Waals surface area contributed by atoms with Crippen LogP contribution in [0.5, 0.6) is 0 Å². The number of carbonyl (C=O) groups excluding carboxylic acids is 4. The van der Waals surface area contributed by atoms with Gasteiger partial charge < -0.3 is 34.9 Å². The lowest BCUT2D eigenvalue weighted by atomic mass is 9.98. The van der Waals surface area contributed by atoms with Gasteiger partial charge in [0.2, 0.25) is 11.8 Å². The number of carbonyl (C=O) groups is 4. The summed E-state index contributed by atoms with van der Waals surface area (Å²) in [6.45, 7) is 8.92. The number of hydrogen-bond acceptors (Lipinski definition) is 9. The van der Waals surface area contributed by atoms with Gasteiger partial charge in [0.15, 0.2) is 0 Å². The quantitative estimate of drug-likeness (QED) is 0.190. The van der Waals surface area contributed by atoms with Gasteiger partial charge in [0, 0.05) is 30.1 Å². The van der Waals surface area contributed by atoms with Crippen molar-refractivity contribution in [2.45, 2.75) is 96.8 Å². The summed E-state index contributed by atoms with van der Waals surface area (Å²) in [6, 6.07) is 9.18. The zero-order chi connectivity index (χ0) is 37.8. The van der Waals surface area contributed by atoms with Gasteiger partial charge in [0.05, 0.1) is 48.8 Å². The molecule has 0 aliphatic carbocycles. The van der Waals surface area contributed by atoms with Crippen LogP contribution in [0.1, 0.15) is 81.2 Å². The van der Waals surface area contributed by atoms with Crippen molar-refractivity contribution in [1.82, 2.24) is 30.4 Å².